The molecule has 0 N–H and O–H groups in total. The van der Waals surface area contributed by atoms with E-state index in [-0.39, 0.29) is 17.6 Å². The molecule has 0 radical (unpaired) electrons. The van der Waals surface area contributed by atoms with E-state index in [4.69, 9.17) is 9.47 Å². The Morgan fingerprint density at radius 2 is 1.40 bits per heavy atom. The molecule has 7 heteroatoms. The molecular weight excluding hydrogens is 387 g/mol. The lowest BCUT2D eigenvalue weighted by Crippen LogP contribution is -2.50. The number of carbonyl (C=O) groups is 2. The summed E-state index contributed by atoms with van der Waals surface area (Å²) >= 11 is 0. The number of carbonyl (C=O) groups excluding carboxylic acids is 2. The summed E-state index contributed by atoms with van der Waals surface area (Å²) in [5, 5.41) is 0. The minimum absolute atomic E-state index is 0.119. The second kappa shape index (κ2) is 9.43. The number of amides is 2. The first-order valence-corrected chi connectivity index (χ1v) is 9.66. The Morgan fingerprint density at radius 1 is 0.867 bits per heavy atom. The van der Waals surface area contributed by atoms with Gasteiger partial charge in [0, 0.05) is 43.9 Å². The predicted molar refractivity (Wildman–Crippen MR) is 112 cm³/mol. The zero-order valence-electron chi connectivity index (χ0n) is 17.4. The highest BCUT2D eigenvalue weighted by molar-refractivity contribution is 5.96. The minimum atomic E-state index is -0.313. The number of hydrogen-bond donors (Lipinski definition) is 0. The van der Waals surface area contributed by atoms with Gasteiger partial charge in [-0.3, -0.25) is 9.59 Å². The lowest BCUT2D eigenvalue weighted by Gasteiger charge is -2.34. The number of allylic oxidation sites excluding steroid dienone is 1. The highest BCUT2D eigenvalue weighted by atomic mass is 19.1. The van der Waals surface area contributed by atoms with E-state index in [0.29, 0.717) is 43.2 Å². The van der Waals surface area contributed by atoms with Crippen LogP contribution in [0.15, 0.2) is 48.5 Å². The van der Waals surface area contributed by atoms with Crippen molar-refractivity contribution in [3.63, 3.8) is 0 Å². The molecule has 2 aromatic carbocycles. The fraction of sp³-hybridized carbons (Fsp3) is 0.304. The topological polar surface area (TPSA) is 59.1 Å². The van der Waals surface area contributed by atoms with Gasteiger partial charge in [-0.05, 0) is 42.3 Å². The maximum Gasteiger partial charge on any atom is 0.254 e. The Labute approximate surface area is 175 Å². The highest BCUT2D eigenvalue weighted by Crippen LogP contribution is 2.24. The monoisotopic (exact) mass is 412 g/mol. The molecule has 1 heterocycles. The quantitative estimate of drug-likeness (QED) is 0.708. The Balaban J connectivity index is 1.63. The van der Waals surface area contributed by atoms with Gasteiger partial charge in [0.15, 0.2) is 0 Å². The van der Waals surface area contributed by atoms with Crippen LogP contribution in [0.4, 0.5) is 4.39 Å². The van der Waals surface area contributed by atoms with Crippen LogP contribution in [0.25, 0.3) is 5.57 Å². The second-order valence-corrected chi connectivity index (χ2v) is 7.05. The maximum absolute atomic E-state index is 13.1. The fourth-order valence-electron chi connectivity index (χ4n) is 3.32. The smallest absolute Gasteiger partial charge is 0.254 e. The summed E-state index contributed by atoms with van der Waals surface area (Å²) in [5.41, 5.74) is 2.05. The summed E-state index contributed by atoms with van der Waals surface area (Å²) in [4.78, 5) is 28.9. The summed E-state index contributed by atoms with van der Waals surface area (Å²) in [7, 11) is 3.07. The van der Waals surface area contributed by atoms with Gasteiger partial charge in [0.25, 0.3) is 5.91 Å². The Hall–Kier alpha value is -3.35. The number of rotatable bonds is 5. The Morgan fingerprint density at radius 3 is 1.93 bits per heavy atom. The van der Waals surface area contributed by atoms with Gasteiger partial charge >= 0.3 is 0 Å². The van der Waals surface area contributed by atoms with Gasteiger partial charge in [-0.15, -0.1) is 0 Å². The summed E-state index contributed by atoms with van der Waals surface area (Å²) in [6.45, 7) is 3.58. The molecule has 1 fully saturated rings. The van der Waals surface area contributed by atoms with Crippen molar-refractivity contribution in [3.05, 3.63) is 65.5 Å². The highest BCUT2D eigenvalue weighted by Gasteiger charge is 2.25. The van der Waals surface area contributed by atoms with Gasteiger partial charge in [-0.1, -0.05) is 12.1 Å². The van der Waals surface area contributed by atoms with E-state index < -0.39 is 0 Å². The van der Waals surface area contributed by atoms with Crippen molar-refractivity contribution in [2.45, 2.75) is 6.92 Å². The van der Waals surface area contributed by atoms with Crippen LogP contribution in [0.1, 0.15) is 22.8 Å². The van der Waals surface area contributed by atoms with Crippen LogP contribution in [-0.2, 0) is 4.79 Å². The van der Waals surface area contributed by atoms with Crippen molar-refractivity contribution < 1.29 is 23.5 Å². The lowest BCUT2D eigenvalue weighted by atomic mass is 10.1. The molecule has 0 unspecified atom stereocenters. The average molecular weight is 412 g/mol. The molecule has 2 aromatic rings. The van der Waals surface area contributed by atoms with Crippen molar-refractivity contribution in [2.24, 2.45) is 0 Å². The van der Waals surface area contributed by atoms with Crippen molar-refractivity contribution in [3.8, 4) is 11.5 Å². The molecule has 0 saturated carbocycles. The minimum Gasteiger partial charge on any atom is -0.497 e. The molecular formula is C23H25FN2O4. The molecule has 0 aromatic heterocycles. The molecule has 0 aliphatic carbocycles. The third-order valence-electron chi connectivity index (χ3n) is 5.12. The van der Waals surface area contributed by atoms with Gasteiger partial charge < -0.3 is 19.3 Å². The molecule has 158 valence electrons. The predicted octanol–water partition coefficient (Wildman–Crippen LogP) is 3.23. The standard InChI is InChI=1S/C23H25FN2O4/c1-16(17-4-6-19(24)7-5-17)12-22(27)25-8-10-26(11-9-25)23(28)18-13-20(29-2)15-21(14-18)30-3/h4-7,12-15H,8-11H2,1-3H3/b16-12+. The average Bonchev–Trinajstić information content (AvgIpc) is 2.78. The summed E-state index contributed by atoms with van der Waals surface area (Å²) in [6, 6.07) is 11.1. The first-order valence-electron chi connectivity index (χ1n) is 9.66. The van der Waals surface area contributed by atoms with Crippen LogP contribution >= 0.6 is 0 Å². The number of ether oxygens (including phenoxy) is 2. The SMILES string of the molecule is COc1cc(OC)cc(C(=O)N2CCN(C(=O)/C=C(\C)c3ccc(F)cc3)CC2)c1. The summed E-state index contributed by atoms with van der Waals surface area (Å²) in [6.07, 6.45) is 1.55. The van der Waals surface area contributed by atoms with Gasteiger partial charge in [0.05, 0.1) is 14.2 Å². The largest absolute Gasteiger partial charge is 0.497 e. The molecule has 30 heavy (non-hydrogen) atoms. The van der Waals surface area contributed by atoms with Crippen LogP contribution in [0.2, 0.25) is 0 Å². The zero-order chi connectivity index (χ0) is 21.7. The molecule has 2 amide bonds. The summed E-state index contributed by atoms with van der Waals surface area (Å²) in [5.74, 6) is 0.539. The van der Waals surface area contributed by atoms with Crippen LogP contribution in [-0.4, -0.2) is 62.0 Å². The number of piperazine rings is 1. The van der Waals surface area contributed by atoms with E-state index in [1.54, 1.807) is 46.2 Å². The number of methoxy groups -OCH3 is 2. The number of nitrogens with zero attached hydrogens (tertiary/aromatic N) is 2. The number of hydrogen-bond acceptors (Lipinski definition) is 4. The first-order chi connectivity index (χ1) is 14.4. The molecule has 1 aliphatic heterocycles. The van der Waals surface area contributed by atoms with E-state index in [2.05, 4.69) is 0 Å². The fourth-order valence-corrected chi connectivity index (χ4v) is 3.32. The van der Waals surface area contributed by atoms with E-state index in [9.17, 15) is 14.0 Å². The van der Waals surface area contributed by atoms with Crippen molar-refractivity contribution in [2.75, 3.05) is 40.4 Å². The second-order valence-electron chi connectivity index (χ2n) is 7.05. The van der Waals surface area contributed by atoms with Crippen molar-refractivity contribution in [1.82, 2.24) is 9.80 Å². The molecule has 0 bridgehead atoms. The van der Waals surface area contributed by atoms with Crippen LogP contribution < -0.4 is 9.47 Å². The molecule has 0 spiro atoms. The third-order valence-corrected chi connectivity index (χ3v) is 5.12. The van der Waals surface area contributed by atoms with Gasteiger partial charge in [-0.2, -0.15) is 0 Å². The maximum atomic E-state index is 13.1. The van der Waals surface area contributed by atoms with Crippen LogP contribution in [0.3, 0.4) is 0 Å². The van der Waals surface area contributed by atoms with Crippen molar-refractivity contribution in [1.29, 1.82) is 0 Å². The molecule has 1 saturated heterocycles. The number of benzene rings is 2. The van der Waals surface area contributed by atoms with Gasteiger partial charge in [0.2, 0.25) is 5.91 Å². The van der Waals surface area contributed by atoms with E-state index in [1.807, 2.05) is 6.92 Å². The van der Waals surface area contributed by atoms with Crippen LogP contribution in [0.5, 0.6) is 11.5 Å². The Kier molecular flexibility index (Phi) is 6.72. The zero-order valence-corrected chi connectivity index (χ0v) is 17.4. The molecule has 0 atom stereocenters. The normalized spacial score (nSPS) is 14.5. The van der Waals surface area contributed by atoms with E-state index in [1.165, 1.54) is 26.4 Å². The Bertz CT molecular complexity index is 926. The van der Waals surface area contributed by atoms with E-state index in [0.717, 1.165) is 11.1 Å². The van der Waals surface area contributed by atoms with Crippen LogP contribution in [0, 0.1) is 5.82 Å². The molecule has 6 nitrogen and oxygen atoms in total. The molecule has 1 aliphatic rings. The summed E-state index contributed by atoms with van der Waals surface area (Å²) < 4.78 is 23.5. The van der Waals surface area contributed by atoms with E-state index >= 15 is 0 Å². The van der Waals surface area contributed by atoms with Gasteiger partial charge in [0.1, 0.15) is 17.3 Å². The molecule has 3 rings (SSSR count). The lowest BCUT2D eigenvalue weighted by molar-refractivity contribution is -0.127. The number of halogens is 1. The van der Waals surface area contributed by atoms with Gasteiger partial charge in [-0.25, -0.2) is 4.39 Å². The first kappa shape index (κ1) is 21.4. The van der Waals surface area contributed by atoms with Crippen molar-refractivity contribution >= 4 is 17.4 Å². The third kappa shape index (κ3) is 4.97.